The van der Waals surface area contributed by atoms with E-state index < -0.39 is 9.84 Å². The van der Waals surface area contributed by atoms with Crippen LogP contribution in [0.3, 0.4) is 0 Å². The topological polar surface area (TPSA) is 52.0 Å². The molecule has 0 unspecified atom stereocenters. The van der Waals surface area contributed by atoms with Crippen molar-refractivity contribution in [2.45, 2.75) is 31.6 Å². The Hall–Kier alpha value is -0.550. The molecule has 2 rings (SSSR count). The molecule has 1 aromatic rings. The van der Waals surface area contributed by atoms with Crippen LogP contribution in [0, 0.1) is 0 Å². The van der Waals surface area contributed by atoms with Crippen LogP contribution in [0.1, 0.15) is 24.2 Å². The second-order valence-corrected chi connectivity index (χ2v) is 6.43. The quantitative estimate of drug-likeness (QED) is 0.795. The maximum absolute atomic E-state index is 11.2. The predicted octanol–water partition coefficient (Wildman–Crippen LogP) is 1.42. The molecule has 0 aliphatic carbocycles. The second-order valence-electron chi connectivity index (χ2n) is 3.95. The van der Waals surface area contributed by atoms with Crippen molar-refractivity contribution in [3.63, 3.8) is 0 Å². The van der Waals surface area contributed by atoms with Gasteiger partial charge in [0, 0.05) is 18.5 Å². The molecule has 15 heavy (non-hydrogen) atoms. The van der Waals surface area contributed by atoms with Gasteiger partial charge in [0.05, 0.1) is 11.4 Å². The number of imidazole rings is 1. The van der Waals surface area contributed by atoms with Crippen molar-refractivity contribution >= 4 is 21.4 Å². The molecule has 0 radical (unpaired) electrons. The highest BCUT2D eigenvalue weighted by molar-refractivity contribution is 7.89. The summed E-state index contributed by atoms with van der Waals surface area (Å²) in [4.78, 5) is 4.13. The molecule has 4 nitrogen and oxygen atoms in total. The van der Waals surface area contributed by atoms with Gasteiger partial charge in [-0.2, -0.15) is 0 Å². The highest BCUT2D eigenvalue weighted by Crippen LogP contribution is 2.24. The minimum Gasteiger partial charge on any atom is -0.319 e. The molecule has 0 amide bonds. The van der Waals surface area contributed by atoms with Crippen LogP contribution >= 0.6 is 11.6 Å². The van der Waals surface area contributed by atoms with E-state index in [9.17, 15) is 8.42 Å². The molecule has 0 atom stereocenters. The summed E-state index contributed by atoms with van der Waals surface area (Å²) in [5, 5.41) is 0.420. The molecule has 0 bridgehead atoms. The lowest BCUT2D eigenvalue weighted by Crippen LogP contribution is -2.12. The first kappa shape index (κ1) is 11.0. The van der Waals surface area contributed by atoms with Crippen LogP contribution < -0.4 is 0 Å². The van der Waals surface area contributed by atoms with Gasteiger partial charge >= 0.3 is 0 Å². The molecule has 2 heterocycles. The monoisotopic (exact) mass is 248 g/mol. The summed E-state index contributed by atoms with van der Waals surface area (Å²) in [6.45, 7) is 0.852. The van der Waals surface area contributed by atoms with Gasteiger partial charge in [-0.25, -0.2) is 13.4 Å². The van der Waals surface area contributed by atoms with Crippen molar-refractivity contribution < 1.29 is 8.42 Å². The molecule has 6 heteroatoms. The summed E-state index contributed by atoms with van der Waals surface area (Å²) in [6, 6.07) is 0. The highest BCUT2D eigenvalue weighted by Gasteiger charge is 2.21. The Morgan fingerprint density at radius 3 is 2.87 bits per heavy atom. The summed E-state index contributed by atoms with van der Waals surface area (Å²) in [6.07, 6.45) is 4.26. The Bertz CT molecular complexity index is 479. The first-order valence-corrected chi connectivity index (χ1v) is 7.33. The van der Waals surface area contributed by atoms with E-state index in [-0.39, 0.29) is 5.75 Å². The predicted molar refractivity (Wildman–Crippen MR) is 58.7 cm³/mol. The SMILES string of the molecule is CS(=O)(=O)Cc1nc(Cl)n2c1CCCC2. The van der Waals surface area contributed by atoms with E-state index >= 15 is 0 Å². The number of rotatable bonds is 2. The number of sulfone groups is 1. The summed E-state index contributed by atoms with van der Waals surface area (Å²) in [5.41, 5.74) is 1.62. The summed E-state index contributed by atoms with van der Waals surface area (Å²) in [7, 11) is -3.03. The second kappa shape index (κ2) is 3.79. The zero-order chi connectivity index (χ0) is 11.1. The van der Waals surface area contributed by atoms with E-state index in [0.717, 1.165) is 31.5 Å². The van der Waals surface area contributed by atoms with Crippen molar-refractivity contribution in [2.24, 2.45) is 0 Å². The van der Waals surface area contributed by atoms with E-state index in [2.05, 4.69) is 4.98 Å². The van der Waals surface area contributed by atoms with Gasteiger partial charge < -0.3 is 4.57 Å². The van der Waals surface area contributed by atoms with Crippen molar-refractivity contribution in [1.82, 2.24) is 9.55 Å². The molecule has 0 aromatic carbocycles. The zero-order valence-electron chi connectivity index (χ0n) is 8.53. The van der Waals surface area contributed by atoms with Gasteiger partial charge in [0.15, 0.2) is 9.84 Å². The average molecular weight is 249 g/mol. The number of aromatic nitrogens is 2. The Kier molecular flexibility index (Phi) is 2.77. The molecule has 0 saturated heterocycles. The van der Waals surface area contributed by atoms with Crippen LogP contribution in [0.5, 0.6) is 0 Å². The van der Waals surface area contributed by atoms with E-state index in [1.165, 1.54) is 6.26 Å². The third-order valence-electron chi connectivity index (χ3n) is 2.55. The fourth-order valence-electron chi connectivity index (χ4n) is 1.94. The van der Waals surface area contributed by atoms with Gasteiger partial charge in [-0.15, -0.1) is 0 Å². The summed E-state index contributed by atoms with van der Waals surface area (Å²) in [5.74, 6) is -0.00491. The van der Waals surface area contributed by atoms with Gasteiger partial charge in [0.2, 0.25) is 5.28 Å². The van der Waals surface area contributed by atoms with E-state index in [0.29, 0.717) is 11.0 Å². The maximum Gasteiger partial charge on any atom is 0.203 e. The molecular weight excluding hydrogens is 236 g/mol. The Labute approximate surface area is 94.2 Å². The first-order valence-electron chi connectivity index (χ1n) is 4.89. The number of halogens is 1. The zero-order valence-corrected chi connectivity index (χ0v) is 10.1. The van der Waals surface area contributed by atoms with Crippen molar-refractivity contribution in [3.05, 3.63) is 16.7 Å². The molecule has 0 fully saturated rings. The van der Waals surface area contributed by atoms with Crippen LogP contribution in [0.15, 0.2) is 0 Å². The molecule has 0 saturated carbocycles. The fourth-order valence-corrected chi connectivity index (χ4v) is 2.95. The van der Waals surface area contributed by atoms with Gasteiger partial charge in [0.1, 0.15) is 0 Å². The molecule has 84 valence electrons. The van der Waals surface area contributed by atoms with Crippen LogP contribution in [0.25, 0.3) is 0 Å². The van der Waals surface area contributed by atoms with Crippen LogP contribution in [0.4, 0.5) is 0 Å². The lowest BCUT2D eigenvalue weighted by atomic mass is 10.1. The minimum atomic E-state index is -3.03. The number of hydrogen-bond donors (Lipinski definition) is 0. The number of fused-ring (bicyclic) bond motifs is 1. The lowest BCUT2D eigenvalue weighted by molar-refractivity contribution is 0.530. The molecule has 1 aliphatic heterocycles. The number of nitrogens with zero attached hydrogens (tertiary/aromatic N) is 2. The Balaban J connectivity index is 2.40. The first-order chi connectivity index (χ1) is 6.97. The molecule has 0 spiro atoms. The Morgan fingerprint density at radius 1 is 1.47 bits per heavy atom. The van der Waals surface area contributed by atoms with E-state index in [1.807, 2.05) is 4.57 Å². The molecule has 1 aliphatic rings. The van der Waals surface area contributed by atoms with Crippen molar-refractivity contribution in [2.75, 3.05) is 6.26 Å². The average Bonchev–Trinajstić information content (AvgIpc) is 2.42. The smallest absolute Gasteiger partial charge is 0.203 e. The summed E-state index contributed by atoms with van der Waals surface area (Å²) < 4.78 is 24.3. The maximum atomic E-state index is 11.2. The fraction of sp³-hybridized carbons (Fsp3) is 0.667. The number of hydrogen-bond acceptors (Lipinski definition) is 3. The third kappa shape index (κ3) is 2.34. The Morgan fingerprint density at radius 2 is 2.20 bits per heavy atom. The van der Waals surface area contributed by atoms with Gasteiger partial charge in [-0.3, -0.25) is 0 Å². The van der Waals surface area contributed by atoms with Gasteiger partial charge in [-0.05, 0) is 30.9 Å². The van der Waals surface area contributed by atoms with Gasteiger partial charge in [0.25, 0.3) is 0 Å². The normalized spacial score (nSPS) is 16.4. The summed E-state index contributed by atoms with van der Waals surface area (Å²) >= 11 is 5.95. The van der Waals surface area contributed by atoms with Crippen molar-refractivity contribution in [1.29, 1.82) is 0 Å². The largest absolute Gasteiger partial charge is 0.319 e. The molecule has 1 aromatic heterocycles. The molecule has 0 N–H and O–H groups in total. The van der Waals surface area contributed by atoms with E-state index in [1.54, 1.807) is 0 Å². The van der Waals surface area contributed by atoms with Crippen LogP contribution in [-0.2, 0) is 28.6 Å². The van der Waals surface area contributed by atoms with Gasteiger partial charge in [-0.1, -0.05) is 0 Å². The van der Waals surface area contributed by atoms with E-state index in [4.69, 9.17) is 11.6 Å². The van der Waals surface area contributed by atoms with Crippen LogP contribution in [-0.4, -0.2) is 24.2 Å². The van der Waals surface area contributed by atoms with Crippen molar-refractivity contribution in [3.8, 4) is 0 Å². The molecular formula is C9H13ClN2O2S. The van der Waals surface area contributed by atoms with Crippen LogP contribution in [0.2, 0.25) is 5.28 Å². The standard InChI is InChI=1S/C9H13ClN2O2S/c1-15(13,14)6-7-8-4-2-3-5-12(8)9(10)11-7/h2-6H2,1H3. The minimum absolute atomic E-state index is 0.00491. The lowest BCUT2D eigenvalue weighted by Gasteiger charge is -2.15. The third-order valence-corrected chi connectivity index (χ3v) is 3.64. The highest BCUT2D eigenvalue weighted by atomic mass is 35.5.